The highest BCUT2D eigenvalue weighted by atomic mass is 16.4. The van der Waals surface area contributed by atoms with Crippen LogP contribution in [0.5, 0.6) is 0 Å². The van der Waals surface area contributed by atoms with Gasteiger partial charge in [-0.1, -0.05) is 13.3 Å². The van der Waals surface area contributed by atoms with Gasteiger partial charge < -0.3 is 10.4 Å². The third-order valence-corrected chi connectivity index (χ3v) is 2.87. The van der Waals surface area contributed by atoms with Crippen molar-refractivity contribution in [1.29, 1.82) is 0 Å². The Morgan fingerprint density at radius 1 is 1.54 bits per heavy atom. The zero-order valence-electron chi connectivity index (χ0n) is 8.25. The maximum absolute atomic E-state index is 11.0. The Kier molecular flexibility index (Phi) is 4.22. The minimum Gasteiger partial charge on any atom is -0.481 e. The molecule has 0 spiro atoms. The molecule has 3 nitrogen and oxygen atoms in total. The van der Waals surface area contributed by atoms with Crippen molar-refractivity contribution in [1.82, 2.24) is 5.32 Å². The molecule has 0 aromatic heterocycles. The Hall–Kier alpha value is -0.570. The number of carboxylic acid groups (broad SMARTS) is 1. The summed E-state index contributed by atoms with van der Waals surface area (Å²) in [5, 5.41) is 12.3. The second-order valence-electron chi connectivity index (χ2n) is 3.82. The molecule has 0 radical (unpaired) electrons. The van der Waals surface area contributed by atoms with Crippen LogP contribution in [0.25, 0.3) is 0 Å². The average molecular weight is 185 g/mol. The lowest BCUT2D eigenvalue weighted by Crippen LogP contribution is -2.34. The first-order chi connectivity index (χ1) is 6.25. The SMILES string of the molecule is CCCC(C(=O)O)C1CCNCC1. The predicted octanol–water partition coefficient (Wildman–Crippen LogP) is 1.49. The van der Waals surface area contributed by atoms with Crippen molar-refractivity contribution in [3.05, 3.63) is 0 Å². The van der Waals surface area contributed by atoms with Gasteiger partial charge in [0.1, 0.15) is 0 Å². The van der Waals surface area contributed by atoms with Crippen molar-refractivity contribution >= 4 is 5.97 Å². The van der Waals surface area contributed by atoms with Crippen molar-refractivity contribution in [3.63, 3.8) is 0 Å². The fourth-order valence-electron chi connectivity index (χ4n) is 2.12. The molecule has 0 amide bonds. The van der Waals surface area contributed by atoms with E-state index >= 15 is 0 Å². The molecule has 0 aromatic rings. The van der Waals surface area contributed by atoms with Crippen molar-refractivity contribution in [3.8, 4) is 0 Å². The van der Waals surface area contributed by atoms with Gasteiger partial charge in [-0.3, -0.25) is 4.79 Å². The zero-order chi connectivity index (χ0) is 9.68. The molecule has 1 atom stereocenters. The molecule has 76 valence electrons. The van der Waals surface area contributed by atoms with E-state index in [-0.39, 0.29) is 5.92 Å². The van der Waals surface area contributed by atoms with E-state index in [1.165, 1.54) is 0 Å². The molecule has 1 aliphatic heterocycles. The number of carboxylic acids is 1. The zero-order valence-corrected chi connectivity index (χ0v) is 8.25. The average Bonchev–Trinajstić information content (AvgIpc) is 2.15. The Bertz CT molecular complexity index is 164. The Balaban J connectivity index is 2.46. The smallest absolute Gasteiger partial charge is 0.306 e. The third kappa shape index (κ3) is 2.99. The van der Waals surface area contributed by atoms with Crippen molar-refractivity contribution in [2.24, 2.45) is 11.8 Å². The van der Waals surface area contributed by atoms with Crippen molar-refractivity contribution in [2.45, 2.75) is 32.6 Å². The standard InChI is InChI=1S/C10H19NO2/c1-2-3-9(10(12)13)8-4-6-11-7-5-8/h8-9,11H,2-7H2,1H3,(H,12,13). The number of aliphatic carboxylic acids is 1. The van der Waals surface area contributed by atoms with E-state index in [2.05, 4.69) is 12.2 Å². The number of hydrogen-bond donors (Lipinski definition) is 2. The van der Waals surface area contributed by atoms with E-state index in [1.54, 1.807) is 0 Å². The molecule has 1 rings (SSSR count). The van der Waals surface area contributed by atoms with Crippen LogP contribution in [0.1, 0.15) is 32.6 Å². The van der Waals surface area contributed by atoms with Gasteiger partial charge in [-0.2, -0.15) is 0 Å². The van der Waals surface area contributed by atoms with E-state index in [9.17, 15) is 4.79 Å². The molecule has 0 aromatic carbocycles. The normalized spacial score (nSPS) is 21.3. The van der Waals surface area contributed by atoms with Crippen molar-refractivity contribution < 1.29 is 9.90 Å². The summed E-state index contributed by atoms with van der Waals surface area (Å²) in [6.45, 7) is 4.02. The highest BCUT2D eigenvalue weighted by Crippen LogP contribution is 2.25. The highest BCUT2D eigenvalue weighted by Gasteiger charge is 2.27. The van der Waals surface area contributed by atoms with Crippen LogP contribution < -0.4 is 5.32 Å². The fraction of sp³-hybridized carbons (Fsp3) is 0.900. The minimum absolute atomic E-state index is 0.105. The summed E-state index contributed by atoms with van der Waals surface area (Å²) >= 11 is 0. The predicted molar refractivity (Wildman–Crippen MR) is 51.6 cm³/mol. The fourth-order valence-corrected chi connectivity index (χ4v) is 2.12. The Morgan fingerprint density at radius 3 is 2.62 bits per heavy atom. The molecule has 13 heavy (non-hydrogen) atoms. The second kappa shape index (κ2) is 5.22. The van der Waals surface area contributed by atoms with E-state index in [0.29, 0.717) is 5.92 Å². The molecule has 1 saturated heterocycles. The molecule has 0 aliphatic carbocycles. The van der Waals surface area contributed by atoms with Crippen LogP contribution in [-0.4, -0.2) is 24.2 Å². The molecule has 1 unspecified atom stereocenters. The molecular formula is C10H19NO2. The highest BCUT2D eigenvalue weighted by molar-refractivity contribution is 5.70. The lowest BCUT2D eigenvalue weighted by Gasteiger charge is -2.27. The maximum Gasteiger partial charge on any atom is 0.306 e. The summed E-state index contributed by atoms with van der Waals surface area (Å²) in [7, 11) is 0. The van der Waals surface area contributed by atoms with Gasteiger partial charge in [0.25, 0.3) is 0 Å². The molecule has 2 N–H and O–H groups in total. The molecule has 1 aliphatic rings. The molecule has 0 bridgehead atoms. The first-order valence-corrected chi connectivity index (χ1v) is 5.19. The van der Waals surface area contributed by atoms with Crippen molar-refractivity contribution in [2.75, 3.05) is 13.1 Å². The lowest BCUT2D eigenvalue weighted by atomic mass is 9.82. The van der Waals surface area contributed by atoms with E-state index in [0.717, 1.165) is 38.8 Å². The third-order valence-electron chi connectivity index (χ3n) is 2.87. The van der Waals surface area contributed by atoms with Gasteiger partial charge in [0.05, 0.1) is 5.92 Å². The molecule has 3 heteroatoms. The summed E-state index contributed by atoms with van der Waals surface area (Å²) in [6.07, 6.45) is 3.86. The lowest BCUT2D eigenvalue weighted by molar-refractivity contribution is -0.144. The first kappa shape index (κ1) is 10.5. The van der Waals surface area contributed by atoms with Gasteiger partial charge in [-0.25, -0.2) is 0 Å². The van der Waals surface area contributed by atoms with Crippen LogP contribution in [0.2, 0.25) is 0 Å². The van der Waals surface area contributed by atoms with Crippen LogP contribution >= 0.6 is 0 Å². The topological polar surface area (TPSA) is 49.3 Å². The largest absolute Gasteiger partial charge is 0.481 e. The first-order valence-electron chi connectivity index (χ1n) is 5.19. The summed E-state index contributed by atoms with van der Waals surface area (Å²) in [5.41, 5.74) is 0. The molecule has 1 fully saturated rings. The van der Waals surface area contributed by atoms with Gasteiger partial charge in [0.15, 0.2) is 0 Å². The number of piperidine rings is 1. The minimum atomic E-state index is -0.603. The van der Waals surface area contributed by atoms with E-state index < -0.39 is 5.97 Å². The van der Waals surface area contributed by atoms with Crippen LogP contribution in [0.3, 0.4) is 0 Å². The maximum atomic E-state index is 11.0. The Morgan fingerprint density at radius 2 is 2.15 bits per heavy atom. The molecule has 0 saturated carbocycles. The van der Waals surface area contributed by atoms with Gasteiger partial charge in [0, 0.05) is 0 Å². The Labute approximate surface area is 79.5 Å². The summed E-state index contributed by atoms with van der Waals surface area (Å²) in [4.78, 5) is 11.0. The van der Waals surface area contributed by atoms with E-state index in [1.807, 2.05) is 0 Å². The van der Waals surface area contributed by atoms with Crippen LogP contribution in [-0.2, 0) is 4.79 Å². The van der Waals surface area contributed by atoms with Gasteiger partial charge in [-0.05, 0) is 38.3 Å². The summed E-state index contributed by atoms with van der Waals surface area (Å²) < 4.78 is 0. The van der Waals surface area contributed by atoms with Gasteiger partial charge in [0.2, 0.25) is 0 Å². The van der Waals surface area contributed by atoms with Gasteiger partial charge in [-0.15, -0.1) is 0 Å². The number of nitrogens with one attached hydrogen (secondary N) is 1. The van der Waals surface area contributed by atoms with Crippen LogP contribution in [0.4, 0.5) is 0 Å². The van der Waals surface area contributed by atoms with Crippen LogP contribution in [0, 0.1) is 11.8 Å². The number of rotatable bonds is 4. The number of carbonyl (C=O) groups is 1. The van der Waals surface area contributed by atoms with Gasteiger partial charge >= 0.3 is 5.97 Å². The van der Waals surface area contributed by atoms with E-state index in [4.69, 9.17) is 5.11 Å². The summed E-state index contributed by atoms with van der Waals surface area (Å²) in [5.74, 6) is -0.306. The quantitative estimate of drug-likeness (QED) is 0.697. The molecule has 1 heterocycles. The number of hydrogen-bond acceptors (Lipinski definition) is 2. The molecular weight excluding hydrogens is 166 g/mol. The monoisotopic (exact) mass is 185 g/mol. The second-order valence-corrected chi connectivity index (χ2v) is 3.82. The van der Waals surface area contributed by atoms with Crippen LogP contribution in [0.15, 0.2) is 0 Å². The summed E-state index contributed by atoms with van der Waals surface area (Å²) in [6, 6.07) is 0.